The predicted molar refractivity (Wildman–Crippen MR) is 70.0 cm³/mol. The molecule has 0 fully saturated rings. The minimum Gasteiger partial charge on any atom is -0.346 e. The summed E-state index contributed by atoms with van der Waals surface area (Å²) in [4.78, 5) is 0. The van der Waals surface area contributed by atoms with Crippen LogP contribution in [0.25, 0.3) is 10.9 Å². The van der Waals surface area contributed by atoms with Crippen LogP contribution in [0.3, 0.4) is 0 Å². The van der Waals surface area contributed by atoms with Gasteiger partial charge in [0.25, 0.3) is 0 Å². The smallest absolute Gasteiger partial charge is 0.0481 e. The Morgan fingerprint density at radius 2 is 2.25 bits per heavy atom. The van der Waals surface area contributed by atoms with Crippen molar-refractivity contribution in [3.63, 3.8) is 0 Å². The average molecular weight is 235 g/mol. The first kappa shape index (κ1) is 11.2. The van der Waals surface area contributed by atoms with E-state index in [1.165, 1.54) is 10.9 Å². The van der Waals surface area contributed by atoms with Crippen molar-refractivity contribution in [1.82, 2.24) is 9.88 Å². The zero-order chi connectivity index (χ0) is 11.4. The highest BCUT2D eigenvalue weighted by atomic mass is 35.5. The third-order valence-corrected chi connectivity index (χ3v) is 2.79. The van der Waals surface area contributed by atoms with Gasteiger partial charge in [0.2, 0.25) is 0 Å². The van der Waals surface area contributed by atoms with Crippen LogP contribution < -0.4 is 5.32 Å². The largest absolute Gasteiger partial charge is 0.346 e. The third kappa shape index (κ3) is 2.46. The van der Waals surface area contributed by atoms with Gasteiger partial charge in [-0.3, -0.25) is 0 Å². The molecule has 1 N–H and O–H groups in total. The van der Waals surface area contributed by atoms with E-state index in [1.54, 1.807) is 0 Å². The van der Waals surface area contributed by atoms with Crippen LogP contribution in [-0.2, 0) is 6.54 Å². The SMILES string of the molecule is C=CCNCCn1ccc2cc(Cl)ccc21. The molecule has 2 aromatic rings. The number of halogens is 1. The molecule has 1 aromatic carbocycles. The maximum absolute atomic E-state index is 5.94. The highest BCUT2D eigenvalue weighted by Gasteiger charge is 2.00. The fraction of sp³-hybridized carbons (Fsp3) is 0.231. The van der Waals surface area contributed by atoms with Crippen LogP contribution in [0, 0.1) is 0 Å². The fourth-order valence-corrected chi connectivity index (χ4v) is 1.95. The van der Waals surface area contributed by atoms with Crippen LogP contribution in [0.5, 0.6) is 0 Å². The summed E-state index contributed by atoms with van der Waals surface area (Å²) in [6, 6.07) is 8.07. The zero-order valence-corrected chi connectivity index (χ0v) is 9.87. The minimum absolute atomic E-state index is 0.787. The van der Waals surface area contributed by atoms with Gasteiger partial charge in [-0.2, -0.15) is 0 Å². The van der Waals surface area contributed by atoms with Crippen molar-refractivity contribution < 1.29 is 0 Å². The van der Waals surface area contributed by atoms with Crippen molar-refractivity contribution in [2.75, 3.05) is 13.1 Å². The summed E-state index contributed by atoms with van der Waals surface area (Å²) in [5, 5.41) is 5.26. The molecule has 1 heterocycles. The standard InChI is InChI=1S/C13H15ClN2/c1-2-6-15-7-9-16-8-5-11-10-12(14)3-4-13(11)16/h2-5,8,10,15H,1,6-7,9H2. The summed E-state index contributed by atoms with van der Waals surface area (Å²) >= 11 is 5.94. The third-order valence-electron chi connectivity index (χ3n) is 2.55. The molecule has 0 unspecified atom stereocenters. The Morgan fingerprint density at radius 1 is 1.38 bits per heavy atom. The molecule has 0 amide bonds. The van der Waals surface area contributed by atoms with Crippen LogP contribution in [0.4, 0.5) is 0 Å². The Labute approximate surface area is 101 Å². The van der Waals surface area contributed by atoms with E-state index >= 15 is 0 Å². The van der Waals surface area contributed by atoms with Crippen LogP contribution in [-0.4, -0.2) is 17.7 Å². The van der Waals surface area contributed by atoms with Crippen LogP contribution in [0.15, 0.2) is 43.1 Å². The number of nitrogens with one attached hydrogen (secondary N) is 1. The number of nitrogens with zero attached hydrogens (tertiary/aromatic N) is 1. The molecule has 16 heavy (non-hydrogen) atoms. The quantitative estimate of drug-likeness (QED) is 0.622. The van der Waals surface area contributed by atoms with Gasteiger partial charge in [-0.05, 0) is 24.3 Å². The van der Waals surface area contributed by atoms with Gasteiger partial charge in [-0.25, -0.2) is 0 Å². The van der Waals surface area contributed by atoms with E-state index in [0.29, 0.717) is 0 Å². The second-order valence-electron chi connectivity index (χ2n) is 3.71. The molecule has 0 aliphatic rings. The van der Waals surface area contributed by atoms with Gasteiger partial charge < -0.3 is 9.88 Å². The van der Waals surface area contributed by atoms with E-state index in [4.69, 9.17) is 11.6 Å². The van der Waals surface area contributed by atoms with Crippen molar-refractivity contribution in [3.8, 4) is 0 Å². The Bertz CT molecular complexity index is 488. The molecule has 0 radical (unpaired) electrons. The Kier molecular flexibility index (Phi) is 3.65. The molecular weight excluding hydrogens is 220 g/mol. The highest BCUT2D eigenvalue weighted by molar-refractivity contribution is 6.31. The first-order valence-electron chi connectivity index (χ1n) is 5.37. The van der Waals surface area contributed by atoms with Crippen molar-refractivity contribution in [2.45, 2.75) is 6.54 Å². The molecule has 2 nitrogen and oxygen atoms in total. The minimum atomic E-state index is 0.787. The Morgan fingerprint density at radius 3 is 3.06 bits per heavy atom. The first-order chi connectivity index (χ1) is 7.81. The molecule has 0 saturated carbocycles. The molecular formula is C13H15ClN2. The van der Waals surface area contributed by atoms with Gasteiger partial charge in [0.05, 0.1) is 0 Å². The van der Waals surface area contributed by atoms with Crippen molar-refractivity contribution in [1.29, 1.82) is 0 Å². The van der Waals surface area contributed by atoms with Crippen molar-refractivity contribution >= 4 is 22.5 Å². The molecule has 0 bridgehead atoms. The average Bonchev–Trinajstić information content (AvgIpc) is 2.67. The fourth-order valence-electron chi connectivity index (χ4n) is 1.77. The van der Waals surface area contributed by atoms with E-state index in [2.05, 4.69) is 34.8 Å². The molecule has 2 rings (SSSR count). The molecule has 84 valence electrons. The topological polar surface area (TPSA) is 17.0 Å². The second kappa shape index (κ2) is 5.19. The molecule has 0 aliphatic carbocycles. The molecule has 0 atom stereocenters. The molecule has 0 saturated heterocycles. The number of hydrogen-bond acceptors (Lipinski definition) is 1. The summed E-state index contributed by atoms with van der Waals surface area (Å²) in [7, 11) is 0. The lowest BCUT2D eigenvalue weighted by Gasteiger charge is -2.05. The number of fused-ring (bicyclic) bond motifs is 1. The highest BCUT2D eigenvalue weighted by Crippen LogP contribution is 2.20. The van der Waals surface area contributed by atoms with Gasteiger partial charge in [-0.1, -0.05) is 17.7 Å². The Hall–Kier alpha value is -1.25. The lowest BCUT2D eigenvalue weighted by atomic mass is 10.2. The summed E-state index contributed by atoms with van der Waals surface area (Å²) in [5.74, 6) is 0. The molecule has 0 spiro atoms. The van der Waals surface area contributed by atoms with Crippen molar-refractivity contribution in [3.05, 3.63) is 48.1 Å². The lowest BCUT2D eigenvalue weighted by Crippen LogP contribution is -2.19. The molecule has 3 heteroatoms. The second-order valence-corrected chi connectivity index (χ2v) is 4.14. The number of benzene rings is 1. The van der Waals surface area contributed by atoms with E-state index in [9.17, 15) is 0 Å². The van der Waals surface area contributed by atoms with Gasteiger partial charge in [0.1, 0.15) is 0 Å². The van der Waals surface area contributed by atoms with E-state index in [-0.39, 0.29) is 0 Å². The molecule has 0 aliphatic heterocycles. The first-order valence-corrected chi connectivity index (χ1v) is 5.75. The van der Waals surface area contributed by atoms with Crippen LogP contribution in [0.1, 0.15) is 0 Å². The van der Waals surface area contributed by atoms with E-state index in [0.717, 1.165) is 24.7 Å². The number of aromatic nitrogens is 1. The van der Waals surface area contributed by atoms with E-state index in [1.807, 2.05) is 18.2 Å². The maximum Gasteiger partial charge on any atom is 0.0481 e. The van der Waals surface area contributed by atoms with E-state index < -0.39 is 0 Å². The Balaban J connectivity index is 2.09. The van der Waals surface area contributed by atoms with Gasteiger partial charge in [-0.15, -0.1) is 6.58 Å². The molecule has 1 aromatic heterocycles. The van der Waals surface area contributed by atoms with Gasteiger partial charge >= 0.3 is 0 Å². The zero-order valence-electron chi connectivity index (χ0n) is 9.12. The van der Waals surface area contributed by atoms with Crippen molar-refractivity contribution in [2.24, 2.45) is 0 Å². The van der Waals surface area contributed by atoms with Gasteiger partial charge in [0, 0.05) is 41.8 Å². The van der Waals surface area contributed by atoms with Crippen LogP contribution >= 0.6 is 11.6 Å². The monoisotopic (exact) mass is 234 g/mol. The lowest BCUT2D eigenvalue weighted by molar-refractivity contribution is 0.641. The summed E-state index contributed by atoms with van der Waals surface area (Å²) in [6.07, 6.45) is 3.96. The van der Waals surface area contributed by atoms with Crippen LogP contribution in [0.2, 0.25) is 5.02 Å². The van der Waals surface area contributed by atoms with Gasteiger partial charge in [0.15, 0.2) is 0 Å². The number of rotatable bonds is 5. The summed E-state index contributed by atoms with van der Waals surface area (Å²) in [5.41, 5.74) is 1.23. The summed E-state index contributed by atoms with van der Waals surface area (Å²) < 4.78 is 2.22. The normalized spacial score (nSPS) is 10.8. The summed E-state index contributed by atoms with van der Waals surface area (Å²) in [6.45, 7) is 6.42. The maximum atomic E-state index is 5.94. The number of hydrogen-bond donors (Lipinski definition) is 1. The predicted octanol–water partition coefficient (Wildman–Crippen LogP) is 3.07.